The summed E-state index contributed by atoms with van der Waals surface area (Å²) in [4.78, 5) is 24.2. The Labute approximate surface area is 190 Å². The largest absolute Gasteiger partial charge is 0.497 e. The number of carbonyl (C=O) groups excluding carboxylic acids is 2. The van der Waals surface area contributed by atoms with E-state index in [4.69, 9.17) is 4.74 Å². The Hall–Kier alpha value is -3.92. The molecule has 3 N–H and O–H groups in total. The van der Waals surface area contributed by atoms with Gasteiger partial charge in [0, 0.05) is 17.8 Å². The molecular formula is C23H22FN3O5S. The lowest BCUT2D eigenvalue weighted by Crippen LogP contribution is -2.36. The molecule has 2 amide bonds. The average Bonchev–Trinajstić information content (AvgIpc) is 2.82. The summed E-state index contributed by atoms with van der Waals surface area (Å²) < 4.78 is 45.1. The summed E-state index contributed by atoms with van der Waals surface area (Å²) in [6.07, 6.45) is 0. The van der Waals surface area contributed by atoms with Crippen molar-refractivity contribution in [3.05, 3.63) is 89.7 Å². The summed E-state index contributed by atoms with van der Waals surface area (Å²) in [5.74, 6) is -0.671. The van der Waals surface area contributed by atoms with Crippen molar-refractivity contribution >= 4 is 27.5 Å². The van der Waals surface area contributed by atoms with Crippen molar-refractivity contribution in [2.24, 2.45) is 0 Å². The topological polar surface area (TPSA) is 114 Å². The van der Waals surface area contributed by atoms with E-state index in [0.717, 1.165) is 29.8 Å². The van der Waals surface area contributed by atoms with Crippen molar-refractivity contribution in [3.63, 3.8) is 0 Å². The number of sulfonamides is 1. The third-order valence-electron chi connectivity index (χ3n) is 4.58. The summed E-state index contributed by atoms with van der Waals surface area (Å²) in [7, 11) is -2.33. The van der Waals surface area contributed by atoms with Gasteiger partial charge in [-0.15, -0.1) is 0 Å². The normalized spacial score (nSPS) is 10.8. The number of anilines is 1. The Morgan fingerprint density at radius 2 is 1.52 bits per heavy atom. The molecule has 3 aromatic rings. The second-order valence-corrected chi connectivity index (χ2v) is 8.63. The molecule has 0 aliphatic rings. The maximum atomic E-state index is 13.0. The zero-order chi connectivity index (χ0) is 23.8. The highest BCUT2D eigenvalue weighted by molar-refractivity contribution is 7.92. The zero-order valence-corrected chi connectivity index (χ0v) is 18.5. The van der Waals surface area contributed by atoms with Crippen molar-refractivity contribution in [1.29, 1.82) is 0 Å². The van der Waals surface area contributed by atoms with Crippen LogP contribution in [0.3, 0.4) is 0 Å². The number of methoxy groups -OCH3 is 1. The van der Waals surface area contributed by atoms with E-state index in [9.17, 15) is 22.4 Å². The molecule has 0 aromatic heterocycles. The first kappa shape index (κ1) is 23.7. The van der Waals surface area contributed by atoms with Gasteiger partial charge in [-0.25, -0.2) is 12.8 Å². The van der Waals surface area contributed by atoms with Gasteiger partial charge in [0.25, 0.3) is 15.9 Å². The molecule has 0 atom stereocenters. The summed E-state index contributed by atoms with van der Waals surface area (Å²) in [6, 6.07) is 17.3. The van der Waals surface area contributed by atoms with Gasteiger partial charge in [0.1, 0.15) is 11.6 Å². The number of rotatable bonds is 9. The van der Waals surface area contributed by atoms with Crippen LogP contribution >= 0.6 is 0 Å². The molecular weight excluding hydrogens is 449 g/mol. The summed E-state index contributed by atoms with van der Waals surface area (Å²) >= 11 is 0. The van der Waals surface area contributed by atoms with Crippen molar-refractivity contribution < 1.29 is 27.1 Å². The minimum absolute atomic E-state index is 0.0913. The Bertz CT molecular complexity index is 1210. The first-order valence-electron chi connectivity index (χ1n) is 9.83. The van der Waals surface area contributed by atoms with Gasteiger partial charge in [-0.3, -0.25) is 14.3 Å². The molecule has 33 heavy (non-hydrogen) atoms. The van der Waals surface area contributed by atoms with E-state index < -0.39 is 21.7 Å². The molecule has 0 fully saturated rings. The molecule has 0 heterocycles. The first-order valence-corrected chi connectivity index (χ1v) is 11.3. The van der Waals surface area contributed by atoms with Crippen molar-refractivity contribution in [2.75, 3.05) is 18.4 Å². The molecule has 0 spiro atoms. The number of benzene rings is 3. The smallest absolute Gasteiger partial charge is 0.261 e. The fourth-order valence-electron chi connectivity index (χ4n) is 2.79. The molecule has 0 radical (unpaired) electrons. The maximum Gasteiger partial charge on any atom is 0.261 e. The van der Waals surface area contributed by atoms with Crippen LogP contribution in [0.5, 0.6) is 5.75 Å². The highest BCUT2D eigenvalue weighted by atomic mass is 32.2. The van der Waals surface area contributed by atoms with E-state index in [1.54, 1.807) is 19.2 Å². The highest BCUT2D eigenvalue weighted by Crippen LogP contribution is 2.17. The van der Waals surface area contributed by atoms with Crippen LogP contribution in [0, 0.1) is 5.82 Å². The number of carbonyl (C=O) groups is 2. The molecule has 0 bridgehead atoms. The molecule has 8 nitrogen and oxygen atoms in total. The minimum Gasteiger partial charge on any atom is -0.497 e. The Morgan fingerprint density at radius 3 is 2.12 bits per heavy atom. The second kappa shape index (κ2) is 10.6. The number of nitrogens with one attached hydrogen (secondary N) is 3. The van der Waals surface area contributed by atoms with Crippen LogP contribution < -0.4 is 20.1 Å². The lowest BCUT2D eigenvalue weighted by molar-refractivity contribution is -0.120. The van der Waals surface area contributed by atoms with Gasteiger partial charge in [-0.05, 0) is 66.2 Å². The van der Waals surface area contributed by atoms with Crippen LogP contribution in [0.1, 0.15) is 15.9 Å². The van der Waals surface area contributed by atoms with Crippen molar-refractivity contribution in [1.82, 2.24) is 10.6 Å². The standard InChI is InChI=1S/C23H22FN3O5S/c1-32-20-10-2-16(3-11-20)14-25-22(28)15-26-23(29)17-4-8-19(9-5-17)27-33(30,31)21-12-6-18(24)7-13-21/h2-13,27H,14-15H2,1H3,(H,25,28)(H,26,29). The monoisotopic (exact) mass is 471 g/mol. The predicted molar refractivity (Wildman–Crippen MR) is 121 cm³/mol. The maximum absolute atomic E-state index is 13.0. The Kier molecular flexibility index (Phi) is 7.62. The fourth-order valence-corrected chi connectivity index (χ4v) is 3.85. The SMILES string of the molecule is COc1ccc(CNC(=O)CNC(=O)c2ccc(NS(=O)(=O)c3ccc(F)cc3)cc2)cc1. The van der Waals surface area contributed by atoms with Gasteiger partial charge in [-0.1, -0.05) is 12.1 Å². The molecule has 172 valence electrons. The van der Waals surface area contributed by atoms with Gasteiger partial charge < -0.3 is 15.4 Å². The van der Waals surface area contributed by atoms with Gasteiger partial charge in [0.2, 0.25) is 5.91 Å². The van der Waals surface area contributed by atoms with Gasteiger partial charge in [0.05, 0.1) is 18.6 Å². The summed E-state index contributed by atoms with van der Waals surface area (Å²) in [5.41, 5.74) is 1.37. The van der Waals surface area contributed by atoms with Crippen molar-refractivity contribution in [2.45, 2.75) is 11.4 Å². The summed E-state index contributed by atoms with van der Waals surface area (Å²) in [6.45, 7) is 0.0928. The number of hydrogen-bond acceptors (Lipinski definition) is 5. The van der Waals surface area contributed by atoms with Crippen LogP contribution in [-0.4, -0.2) is 33.9 Å². The Morgan fingerprint density at radius 1 is 0.879 bits per heavy atom. The van der Waals surface area contributed by atoms with Crippen LogP contribution in [0.15, 0.2) is 77.7 Å². The molecule has 0 unspecified atom stereocenters. The second-order valence-electron chi connectivity index (χ2n) is 6.94. The van der Waals surface area contributed by atoms with E-state index >= 15 is 0 Å². The summed E-state index contributed by atoms with van der Waals surface area (Å²) in [5, 5.41) is 5.21. The molecule has 0 saturated carbocycles. The van der Waals surface area contributed by atoms with Crippen LogP contribution in [0.2, 0.25) is 0 Å². The number of hydrogen-bond donors (Lipinski definition) is 3. The first-order chi connectivity index (χ1) is 15.8. The number of amides is 2. The lowest BCUT2D eigenvalue weighted by atomic mass is 10.2. The van der Waals surface area contributed by atoms with E-state index in [-0.39, 0.29) is 28.6 Å². The zero-order valence-electron chi connectivity index (χ0n) is 17.7. The van der Waals surface area contributed by atoms with E-state index in [1.807, 2.05) is 12.1 Å². The number of ether oxygens (including phenoxy) is 1. The predicted octanol–water partition coefficient (Wildman–Crippen LogP) is 2.68. The number of halogens is 1. The molecule has 0 aliphatic heterocycles. The third kappa shape index (κ3) is 6.78. The van der Waals surface area contributed by atoms with E-state index in [1.165, 1.54) is 24.3 Å². The van der Waals surface area contributed by atoms with Crippen molar-refractivity contribution in [3.8, 4) is 5.75 Å². The average molecular weight is 472 g/mol. The van der Waals surface area contributed by atoms with Gasteiger partial charge >= 0.3 is 0 Å². The van der Waals surface area contributed by atoms with Crippen LogP contribution in [0.4, 0.5) is 10.1 Å². The molecule has 0 aliphatic carbocycles. The van der Waals surface area contributed by atoms with E-state index in [0.29, 0.717) is 12.3 Å². The molecule has 3 rings (SSSR count). The van der Waals surface area contributed by atoms with Crippen LogP contribution in [0.25, 0.3) is 0 Å². The highest BCUT2D eigenvalue weighted by Gasteiger charge is 2.15. The molecule has 3 aromatic carbocycles. The van der Waals surface area contributed by atoms with Crippen LogP contribution in [-0.2, 0) is 21.4 Å². The minimum atomic E-state index is -3.90. The molecule has 10 heteroatoms. The molecule has 0 saturated heterocycles. The quantitative estimate of drug-likeness (QED) is 0.444. The Balaban J connectivity index is 1.49. The lowest BCUT2D eigenvalue weighted by Gasteiger charge is -2.10. The van der Waals surface area contributed by atoms with E-state index in [2.05, 4.69) is 15.4 Å². The fraction of sp³-hybridized carbons (Fsp3) is 0.130. The van der Waals surface area contributed by atoms with Gasteiger partial charge in [0.15, 0.2) is 0 Å². The van der Waals surface area contributed by atoms with Gasteiger partial charge in [-0.2, -0.15) is 0 Å². The third-order valence-corrected chi connectivity index (χ3v) is 5.98.